The summed E-state index contributed by atoms with van der Waals surface area (Å²) in [6, 6.07) is 9.50. The number of sulfonamides is 1. The number of anilines is 2. The minimum absolute atomic E-state index is 0.0323. The summed E-state index contributed by atoms with van der Waals surface area (Å²) in [7, 11) is -2.72. The highest BCUT2D eigenvalue weighted by atomic mass is 35.5. The first-order chi connectivity index (χ1) is 15.6. The standard InChI is InChI=1S/C22H21ClN4O5S/c1-12-15(23)5-4-6-16(12)26-33(30,31)18-11-14(7-8-17(18)32-3)21-13(2)25-27-20(29)10-9-19(28)24-22(21)27/h4-8,11,26H,9-10H2,1-3H3,(H,24,28). The second kappa shape index (κ2) is 8.53. The Kier molecular flexibility index (Phi) is 5.89. The minimum Gasteiger partial charge on any atom is -0.495 e. The Labute approximate surface area is 195 Å². The highest BCUT2D eigenvalue weighted by Crippen LogP contribution is 2.37. The van der Waals surface area contributed by atoms with Crippen molar-refractivity contribution < 1.29 is 22.7 Å². The quantitative estimate of drug-likeness (QED) is 0.560. The SMILES string of the molecule is COc1ccc(-c2c(C)nn3c2NC(=O)CCC3=O)cc1S(=O)(=O)Nc1cccc(Cl)c1C. The molecule has 172 valence electrons. The number of methoxy groups -OCH3 is 1. The zero-order valence-electron chi connectivity index (χ0n) is 18.1. The number of aromatic nitrogens is 2. The van der Waals surface area contributed by atoms with Gasteiger partial charge < -0.3 is 10.1 Å². The smallest absolute Gasteiger partial charge is 0.265 e. The first-order valence-electron chi connectivity index (χ1n) is 10.0. The number of nitrogens with one attached hydrogen (secondary N) is 2. The largest absolute Gasteiger partial charge is 0.495 e. The summed E-state index contributed by atoms with van der Waals surface area (Å²) in [5.41, 5.74) is 2.29. The van der Waals surface area contributed by atoms with Gasteiger partial charge in [-0.1, -0.05) is 23.7 Å². The molecule has 0 spiro atoms. The van der Waals surface area contributed by atoms with Crippen LogP contribution in [0.2, 0.25) is 5.02 Å². The van der Waals surface area contributed by atoms with E-state index in [0.717, 1.165) is 4.68 Å². The van der Waals surface area contributed by atoms with Gasteiger partial charge in [0.25, 0.3) is 10.0 Å². The Hall–Kier alpha value is -3.37. The Morgan fingerprint density at radius 1 is 1.15 bits per heavy atom. The molecule has 2 aromatic carbocycles. The van der Waals surface area contributed by atoms with Crippen molar-refractivity contribution in [1.29, 1.82) is 0 Å². The molecule has 0 saturated heterocycles. The first kappa shape index (κ1) is 22.8. The fourth-order valence-electron chi connectivity index (χ4n) is 3.65. The van der Waals surface area contributed by atoms with Crippen LogP contribution in [0.3, 0.4) is 0 Å². The Balaban J connectivity index is 1.84. The molecule has 0 atom stereocenters. The molecule has 1 amide bonds. The maximum Gasteiger partial charge on any atom is 0.265 e. The fraction of sp³-hybridized carbons (Fsp3) is 0.227. The van der Waals surface area contributed by atoms with Crippen LogP contribution in [0.25, 0.3) is 11.1 Å². The van der Waals surface area contributed by atoms with Crippen molar-refractivity contribution in [1.82, 2.24) is 9.78 Å². The van der Waals surface area contributed by atoms with Crippen molar-refractivity contribution in [2.45, 2.75) is 31.6 Å². The van der Waals surface area contributed by atoms with Gasteiger partial charge in [0.05, 0.1) is 18.5 Å². The van der Waals surface area contributed by atoms with Crippen molar-refractivity contribution >= 4 is 44.9 Å². The molecule has 4 rings (SSSR count). The summed E-state index contributed by atoms with van der Waals surface area (Å²) in [5.74, 6) is -0.297. The van der Waals surface area contributed by atoms with Gasteiger partial charge in [-0.2, -0.15) is 9.78 Å². The summed E-state index contributed by atoms with van der Waals surface area (Å²) in [6.07, 6.45) is 0.0797. The lowest BCUT2D eigenvalue weighted by Crippen LogP contribution is -2.15. The lowest BCUT2D eigenvalue weighted by molar-refractivity contribution is -0.116. The van der Waals surface area contributed by atoms with Crippen LogP contribution in [0.1, 0.15) is 28.9 Å². The summed E-state index contributed by atoms with van der Waals surface area (Å²) in [6.45, 7) is 3.39. The van der Waals surface area contributed by atoms with Crippen LogP contribution in [-0.2, 0) is 14.8 Å². The van der Waals surface area contributed by atoms with Crippen LogP contribution in [0.4, 0.5) is 11.5 Å². The fourth-order valence-corrected chi connectivity index (χ4v) is 5.14. The normalized spacial score (nSPS) is 13.8. The lowest BCUT2D eigenvalue weighted by atomic mass is 10.1. The Bertz CT molecular complexity index is 1400. The number of rotatable bonds is 5. The van der Waals surface area contributed by atoms with Gasteiger partial charge in [-0.25, -0.2) is 8.42 Å². The number of amides is 1. The number of ether oxygens (including phenoxy) is 1. The molecule has 1 aromatic heterocycles. The molecule has 0 fully saturated rings. The van der Waals surface area contributed by atoms with Gasteiger partial charge in [-0.05, 0) is 49.2 Å². The third-order valence-electron chi connectivity index (χ3n) is 5.37. The van der Waals surface area contributed by atoms with Gasteiger partial charge in [0.1, 0.15) is 16.5 Å². The topological polar surface area (TPSA) is 119 Å². The van der Waals surface area contributed by atoms with Crippen LogP contribution in [0.15, 0.2) is 41.3 Å². The Morgan fingerprint density at radius 2 is 1.91 bits per heavy atom. The third-order valence-corrected chi connectivity index (χ3v) is 7.17. The van der Waals surface area contributed by atoms with E-state index >= 15 is 0 Å². The monoisotopic (exact) mass is 488 g/mol. The summed E-state index contributed by atoms with van der Waals surface area (Å²) >= 11 is 6.13. The highest BCUT2D eigenvalue weighted by molar-refractivity contribution is 7.92. The van der Waals surface area contributed by atoms with Crippen molar-refractivity contribution in [3.05, 3.63) is 52.7 Å². The second-order valence-electron chi connectivity index (χ2n) is 7.55. The van der Waals surface area contributed by atoms with Gasteiger partial charge in [0.15, 0.2) is 0 Å². The van der Waals surface area contributed by atoms with Crippen molar-refractivity contribution in [2.24, 2.45) is 0 Å². The van der Waals surface area contributed by atoms with Crippen LogP contribution >= 0.6 is 11.6 Å². The van der Waals surface area contributed by atoms with E-state index < -0.39 is 10.0 Å². The number of fused-ring (bicyclic) bond motifs is 1. The Morgan fingerprint density at radius 3 is 2.64 bits per heavy atom. The van der Waals surface area contributed by atoms with Gasteiger partial charge in [-0.15, -0.1) is 0 Å². The number of hydrogen-bond donors (Lipinski definition) is 2. The molecule has 0 radical (unpaired) electrons. The molecule has 0 saturated carbocycles. The summed E-state index contributed by atoms with van der Waals surface area (Å²) in [4.78, 5) is 24.4. The van der Waals surface area contributed by atoms with E-state index in [9.17, 15) is 18.0 Å². The van der Waals surface area contributed by atoms with E-state index in [0.29, 0.717) is 33.1 Å². The molecule has 11 heteroatoms. The van der Waals surface area contributed by atoms with Crippen molar-refractivity contribution in [2.75, 3.05) is 17.1 Å². The zero-order chi connectivity index (χ0) is 23.9. The maximum atomic E-state index is 13.3. The van der Waals surface area contributed by atoms with Crippen LogP contribution in [-0.4, -0.2) is 37.1 Å². The average molecular weight is 489 g/mol. The van der Waals surface area contributed by atoms with E-state index in [4.69, 9.17) is 16.3 Å². The van der Waals surface area contributed by atoms with Gasteiger partial charge in [0.2, 0.25) is 11.8 Å². The number of carbonyl (C=O) groups excluding carboxylic acids is 2. The molecule has 0 unspecified atom stereocenters. The number of nitrogens with zero attached hydrogens (tertiary/aromatic N) is 2. The van der Waals surface area contributed by atoms with Gasteiger partial charge in [0, 0.05) is 23.4 Å². The molecule has 9 nitrogen and oxygen atoms in total. The van der Waals surface area contributed by atoms with Crippen LogP contribution < -0.4 is 14.8 Å². The molecule has 0 bridgehead atoms. The van der Waals surface area contributed by atoms with Crippen LogP contribution in [0.5, 0.6) is 5.75 Å². The predicted molar refractivity (Wildman–Crippen MR) is 124 cm³/mol. The number of aryl methyl sites for hydroxylation is 1. The van der Waals surface area contributed by atoms with Gasteiger partial charge >= 0.3 is 0 Å². The molecular formula is C22H21ClN4O5S. The number of carbonyl (C=O) groups is 2. The van der Waals surface area contributed by atoms with Crippen molar-refractivity contribution in [3.63, 3.8) is 0 Å². The molecule has 0 aliphatic carbocycles. The molecule has 2 N–H and O–H groups in total. The third kappa shape index (κ3) is 4.19. The van der Waals surface area contributed by atoms with E-state index in [1.807, 2.05) is 0 Å². The minimum atomic E-state index is -4.09. The van der Waals surface area contributed by atoms with Crippen LogP contribution in [0, 0.1) is 13.8 Å². The predicted octanol–water partition coefficient (Wildman–Crippen LogP) is 4.00. The van der Waals surface area contributed by atoms with Gasteiger partial charge in [-0.3, -0.25) is 14.3 Å². The summed E-state index contributed by atoms with van der Waals surface area (Å²) in [5, 5.41) is 7.40. The first-order valence-corrected chi connectivity index (χ1v) is 11.9. The molecule has 3 aromatic rings. The number of halogens is 1. The average Bonchev–Trinajstić information content (AvgIpc) is 3.03. The van der Waals surface area contributed by atoms with E-state index in [-0.39, 0.29) is 41.1 Å². The van der Waals surface area contributed by atoms with Crippen molar-refractivity contribution in [3.8, 4) is 16.9 Å². The zero-order valence-corrected chi connectivity index (χ0v) is 19.7. The number of hydrogen-bond acceptors (Lipinski definition) is 6. The molecule has 1 aliphatic heterocycles. The van der Waals surface area contributed by atoms with E-state index in [1.54, 1.807) is 38.1 Å². The number of benzene rings is 2. The summed E-state index contributed by atoms with van der Waals surface area (Å²) < 4.78 is 35.7. The molecule has 2 heterocycles. The second-order valence-corrected chi connectivity index (χ2v) is 9.60. The maximum absolute atomic E-state index is 13.3. The molecule has 33 heavy (non-hydrogen) atoms. The van der Waals surface area contributed by atoms with E-state index in [1.165, 1.54) is 19.2 Å². The highest BCUT2D eigenvalue weighted by Gasteiger charge is 2.28. The molecule has 1 aliphatic rings. The van der Waals surface area contributed by atoms with E-state index in [2.05, 4.69) is 15.1 Å². The lowest BCUT2D eigenvalue weighted by Gasteiger charge is -2.15. The molecular weight excluding hydrogens is 468 g/mol.